The minimum atomic E-state index is -0.741. The van der Waals surface area contributed by atoms with Crippen molar-refractivity contribution in [2.24, 2.45) is 5.73 Å². The Morgan fingerprint density at radius 3 is 2.60 bits per heavy atom. The smallest absolute Gasteiger partial charge is 0.253 e. The van der Waals surface area contributed by atoms with E-state index in [9.17, 15) is 9.59 Å². The highest BCUT2D eigenvalue weighted by Gasteiger charge is 2.16. The third-order valence-corrected chi connectivity index (χ3v) is 2.82. The molecule has 3 N–H and O–H groups in total. The molecule has 0 aliphatic carbocycles. The molecular formula is C14H21N3O3. The quantitative estimate of drug-likeness (QED) is 0.827. The van der Waals surface area contributed by atoms with E-state index in [2.05, 4.69) is 5.32 Å². The molecule has 20 heavy (non-hydrogen) atoms. The van der Waals surface area contributed by atoms with E-state index >= 15 is 0 Å². The number of rotatable bonds is 5. The molecule has 0 aliphatic heterocycles. The lowest BCUT2D eigenvalue weighted by molar-refractivity contribution is -0.118. The van der Waals surface area contributed by atoms with Crippen molar-refractivity contribution in [1.82, 2.24) is 4.90 Å². The second kappa shape index (κ2) is 7.02. The predicted octanol–water partition coefficient (Wildman–Crippen LogP) is 0.609. The summed E-state index contributed by atoms with van der Waals surface area (Å²) in [4.78, 5) is 25.3. The standard InChI is InChI=1S/C14H21N3O3/c1-9-5-6-10(7-11(9)14(19)17(2)3)16-13(18)12(15)8-20-4/h5-7,12H,8,15H2,1-4H3,(H,16,18). The Labute approximate surface area is 118 Å². The van der Waals surface area contributed by atoms with Gasteiger partial charge in [0.25, 0.3) is 5.91 Å². The number of nitrogens with two attached hydrogens (primary N) is 1. The van der Waals surface area contributed by atoms with Gasteiger partial charge in [-0.25, -0.2) is 0 Å². The number of ether oxygens (including phenoxy) is 1. The maximum atomic E-state index is 12.0. The number of benzene rings is 1. The fourth-order valence-electron chi connectivity index (χ4n) is 1.66. The number of hydrogen-bond acceptors (Lipinski definition) is 4. The minimum Gasteiger partial charge on any atom is -0.383 e. The van der Waals surface area contributed by atoms with Crippen molar-refractivity contribution in [3.63, 3.8) is 0 Å². The summed E-state index contributed by atoms with van der Waals surface area (Å²) in [5.74, 6) is -0.459. The second-order valence-electron chi connectivity index (χ2n) is 4.78. The normalized spacial score (nSPS) is 11.8. The number of aryl methyl sites for hydroxylation is 1. The molecule has 0 spiro atoms. The molecule has 110 valence electrons. The van der Waals surface area contributed by atoms with Gasteiger partial charge in [-0.3, -0.25) is 9.59 Å². The summed E-state index contributed by atoms with van der Waals surface area (Å²) in [6.45, 7) is 1.99. The molecule has 0 saturated heterocycles. The molecule has 1 aromatic carbocycles. The van der Waals surface area contributed by atoms with Gasteiger partial charge >= 0.3 is 0 Å². The van der Waals surface area contributed by atoms with Gasteiger partial charge in [-0.05, 0) is 24.6 Å². The zero-order valence-corrected chi connectivity index (χ0v) is 12.3. The number of anilines is 1. The lowest BCUT2D eigenvalue weighted by atomic mass is 10.1. The Hall–Kier alpha value is -1.92. The van der Waals surface area contributed by atoms with Crippen molar-refractivity contribution in [3.8, 4) is 0 Å². The van der Waals surface area contributed by atoms with E-state index in [1.54, 1.807) is 32.3 Å². The lowest BCUT2D eigenvalue weighted by Gasteiger charge is -2.15. The Kier molecular flexibility index (Phi) is 5.66. The zero-order valence-electron chi connectivity index (χ0n) is 12.3. The maximum Gasteiger partial charge on any atom is 0.253 e. The van der Waals surface area contributed by atoms with E-state index < -0.39 is 6.04 Å². The molecule has 0 bridgehead atoms. The van der Waals surface area contributed by atoms with Crippen molar-refractivity contribution >= 4 is 17.5 Å². The van der Waals surface area contributed by atoms with E-state index in [0.29, 0.717) is 11.3 Å². The molecule has 1 unspecified atom stereocenters. The van der Waals surface area contributed by atoms with Gasteiger partial charge < -0.3 is 20.7 Å². The summed E-state index contributed by atoms with van der Waals surface area (Å²) in [6, 6.07) is 4.43. The van der Waals surface area contributed by atoms with Crippen molar-refractivity contribution < 1.29 is 14.3 Å². The van der Waals surface area contributed by atoms with Crippen LogP contribution in [0.3, 0.4) is 0 Å². The summed E-state index contributed by atoms with van der Waals surface area (Å²) in [7, 11) is 4.84. The van der Waals surface area contributed by atoms with Crippen LogP contribution in [0.25, 0.3) is 0 Å². The lowest BCUT2D eigenvalue weighted by Crippen LogP contribution is -2.39. The summed E-state index contributed by atoms with van der Waals surface area (Å²) in [5.41, 5.74) is 7.58. The van der Waals surface area contributed by atoms with Crippen LogP contribution in [-0.4, -0.2) is 50.6 Å². The molecule has 6 heteroatoms. The monoisotopic (exact) mass is 279 g/mol. The molecule has 2 amide bonds. The molecule has 0 heterocycles. The number of nitrogens with zero attached hydrogens (tertiary/aromatic N) is 1. The van der Waals surface area contributed by atoms with Crippen molar-refractivity contribution in [2.75, 3.05) is 33.1 Å². The SMILES string of the molecule is COCC(N)C(=O)Nc1ccc(C)c(C(=O)N(C)C)c1. The topological polar surface area (TPSA) is 84.7 Å². The van der Waals surface area contributed by atoms with Crippen LogP contribution in [0.4, 0.5) is 5.69 Å². The number of carbonyl (C=O) groups is 2. The molecule has 1 rings (SSSR count). The summed E-state index contributed by atoms with van der Waals surface area (Å²) in [6.07, 6.45) is 0. The average Bonchev–Trinajstić information content (AvgIpc) is 2.40. The summed E-state index contributed by atoms with van der Waals surface area (Å²) >= 11 is 0. The third-order valence-electron chi connectivity index (χ3n) is 2.82. The van der Waals surface area contributed by atoms with Crippen LogP contribution in [0, 0.1) is 6.92 Å². The molecule has 1 atom stereocenters. The van der Waals surface area contributed by atoms with Gasteiger partial charge in [-0.2, -0.15) is 0 Å². The molecule has 6 nitrogen and oxygen atoms in total. The highest BCUT2D eigenvalue weighted by Crippen LogP contribution is 2.16. The Morgan fingerprint density at radius 2 is 2.05 bits per heavy atom. The second-order valence-corrected chi connectivity index (χ2v) is 4.78. The van der Waals surface area contributed by atoms with E-state index in [-0.39, 0.29) is 18.4 Å². The molecule has 0 radical (unpaired) electrons. The van der Waals surface area contributed by atoms with Crippen molar-refractivity contribution in [2.45, 2.75) is 13.0 Å². The van der Waals surface area contributed by atoms with Gasteiger partial charge in [0, 0.05) is 32.5 Å². The Morgan fingerprint density at radius 1 is 1.40 bits per heavy atom. The fraction of sp³-hybridized carbons (Fsp3) is 0.429. The first-order chi connectivity index (χ1) is 9.36. The summed E-state index contributed by atoms with van der Waals surface area (Å²) in [5, 5.41) is 2.67. The zero-order chi connectivity index (χ0) is 15.3. The van der Waals surface area contributed by atoms with Gasteiger partial charge in [0.1, 0.15) is 6.04 Å². The van der Waals surface area contributed by atoms with Crippen LogP contribution in [0.2, 0.25) is 0 Å². The molecular weight excluding hydrogens is 258 g/mol. The molecule has 0 aliphatic rings. The number of methoxy groups -OCH3 is 1. The van der Waals surface area contributed by atoms with Gasteiger partial charge in [0.15, 0.2) is 0 Å². The van der Waals surface area contributed by atoms with Crippen LogP contribution < -0.4 is 11.1 Å². The van der Waals surface area contributed by atoms with Crippen LogP contribution in [-0.2, 0) is 9.53 Å². The fourth-order valence-corrected chi connectivity index (χ4v) is 1.66. The van der Waals surface area contributed by atoms with Gasteiger partial charge in [-0.1, -0.05) is 6.07 Å². The highest BCUT2D eigenvalue weighted by molar-refractivity contribution is 5.99. The first-order valence-electron chi connectivity index (χ1n) is 6.24. The highest BCUT2D eigenvalue weighted by atomic mass is 16.5. The van der Waals surface area contributed by atoms with Gasteiger partial charge in [0.2, 0.25) is 5.91 Å². The Balaban J connectivity index is 2.90. The first-order valence-corrected chi connectivity index (χ1v) is 6.24. The third kappa shape index (κ3) is 4.04. The van der Waals surface area contributed by atoms with Crippen LogP contribution in [0.5, 0.6) is 0 Å². The maximum absolute atomic E-state index is 12.0. The van der Waals surface area contributed by atoms with Crippen LogP contribution in [0.1, 0.15) is 15.9 Å². The van der Waals surface area contributed by atoms with E-state index in [4.69, 9.17) is 10.5 Å². The number of amides is 2. The molecule has 0 saturated carbocycles. The largest absolute Gasteiger partial charge is 0.383 e. The van der Waals surface area contributed by atoms with Crippen molar-refractivity contribution in [1.29, 1.82) is 0 Å². The number of hydrogen-bond donors (Lipinski definition) is 2. The minimum absolute atomic E-state index is 0.111. The molecule has 1 aromatic rings. The number of carbonyl (C=O) groups excluding carboxylic acids is 2. The molecule has 0 fully saturated rings. The van der Waals surface area contributed by atoms with E-state index in [1.165, 1.54) is 12.0 Å². The van der Waals surface area contributed by atoms with Gasteiger partial charge in [-0.15, -0.1) is 0 Å². The molecule has 0 aromatic heterocycles. The Bertz CT molecular complexity index is 500. The predicted molar refractivity (Wildman–Crippen MR) is 77.7 cm³/mol. The van der Waals surface area contributed by atoms with Crippen molar-refractivity contribution in [3.05, 3.63) is 29.3 Å². The summed E-state index contributed by atoms with van der Waals surface area (Å²) < 4.78 is 4.83. The van der Waals surface area contributed by atoms with Crippen LogP contribution in [0.15, 0.2) is 18.2 Å². The average molecular weight is 279 g/mol. The van der Waals surface area contributed by atoms with E-state index in [1.807, 2.05) is 6.92 Å². The van der Waals surface area contributed by atoms with Gasteiger partial charge in [0.05, 0.1) is 6.61 Å². The van der Waals surface area contributed by atoms with E-state index in [0.717, 1.165) is 5.56 Å². The number of nitrogens with one attached hydrogen (secondary N) is 1. The van der Waals surface area contributed by atoms with Crippen LogP contribution >= 0.6 is 0 Å². The first kappa shape index (κ1) is 16.1.